The molecular formula is C15H12N2O2. The largest absolute Gasteiger partial charge is 0.477 e. The van der Waals surface area contributed by atoms with Gasteiger partial charge in [0.15, 0.2) is 0 Å². The summed E-state index contributed by atoms with van der Waals surface area (Å²) in [6.07, 6.45) is 1.67. The number of hydrogen-bond acceptors (Lipinski definition) is 2. The Hall–Kier alpha value is -2.62. The van der Waals surface area contributed by atoms with Gasteiger partial charge >= 0.3 is 5.97 Å². The summed E-state index contributed by atoms with van der Waals surface area (Å²) in [4.78, 5) is 15.5. The molecule has 4 heteroatoms. The summed E-state index contributed by atoms with van der Waals surface area (Å²) < 4.78 is 1.78. The molecule has 0 spiro atoms. The van der Waals surface area contributed by atoms with Gasteiger partial charge in [-0.05, 0) is 23.8 Å². The molecule has 0 unspecified atom stereocenters. The van der Waals surface area contributed by atoms with Crippen LogP contribution in [-0.2, 0) is 6.54 Å². The number of carboxylic acids is 1. The first-order chi connectivity index (χ1) is 9.25. The number of hydrogen-bond donors (Lipinski definition) is 1. The quantitative estimate of drug-likeness (QED) is 0.779. The smallest absolute Gasteiger partial charge is 0.352 e. The zero-order valence-corrected chi connectivity index (χ0v) is 10.2. The van der Waals surface area contributed by atoms with Crippen molar-refractivity contribution in [2.45, 2.75) is 6.54 Å². The number of fused-ring (bicyclic) bond motifs is 1. The minimum atomic E-state index is -0.936. The van der Waals surface area contributed by atoms with Crippen molar-refractivity contribution in [2.24, 2.45) is 0 Å². The second-order valence-electron chi connectivity index (χ2n) is 4.31. The molecule has 19 heavy (non-hydrogen) atoms. The van der Waals surface area contributed by atoms with Crippen LogP contribution in [0.3, 0.4) is 0 Å². The third-order valence-corrected chi connectivity index (χ3v) is 3.07. The monoisotopic (exact) mass is 252 g/mol. The van der Waals surface area contributed by atoms with Gasteiger partial charge in [-0.3, -0.25) is 4.98 Å². The molecule has 4 nitrogen and oxygen atoms in total. The Balaban J connectivity index is 2.15. The molecule has 3 aromatic rings. The Labute approximate surface area is 109 Å². The second-order valence-corrected chi connectivity index (χ2v) is 4.31. The fourth-order valence-corrected chi connectivity index (χ4v) is 2.20. The number of nitrogens with zero attached hydrogens (tertiary/aromatic N) is 2. The molecule has 0 atom stereocenters. The molecule has 2 aromatic heterocycles. The van der Waals surface area contributed by atoms with Crippen molar-refractivity contribution in [3.8, 4) is 0 Å². The maximum Gasteiger partial charge on any atom is 0.352 e. The molecule has 1 aromatic carbocycles. The van der Waals surface area contributed by atoms with Gasteiger partial charge in [0.05, 0.1) is 11.0 Å². The first kappa shape index (κ1) is 11.5. The van der Waals surface area contributed by atoms with Crippen LogP contribution in [0.5, 0.6) is 0 Å². The molecule has 0 aliphatic carbocycles. The van der Waals surface area contributed by atoms with Crippen LogP contribution in [0.2, 0.25) is 0 Å². The Bertz CT molecular complexity index is 732. The fraction of sp³-hybridized carbons (Fsp3) is 0.0667. The van der Waals surface area contributed by atoms with Gasteiger partial charge in [-0.2, -0.15) is 0 Å². The van der Waals surface area contributed by atoms with Gasteiger partial charge in [-0.25, -0.2) is 4.79 Å². The van der Waals surface area contributed by atoms with E-state index in [2.05, 4.69) is 4.98 Å². The maximum atomic E-state index is 11.3. The first-order valence-corrected chi connectivity index (χ1v) is 5.97. The number of aromatic carboxylic acids is 1. The standard InChI is InChI=1S/C15H12N2O2/c18-15(19)14-9-12-13(7-4-8-16-12)17(14)10-11-5-2-1-3-6-11/h1-9H,10H2,(H,18,19). The highest BCUT2D eigenvalue weighted by Crippen LogP contribution is 2.19. The van der Waals surface area contributed by atoms with Crippen LogP contribution >= 0.6 is 0 Å². The third-order valence-electron chi connectivity index (χ3n) is 3.07. The molecule has 1 N–H and O–H groups in total. The lowest BCUT2D eigenvalue weighted by Gasteiger charge is -2.08. The van der Waals surface area contributed by atoms with Gasteiger partial charge in [-0.15, -0.1) is 0 Å². The first-order valence-electron chi connectivity index (χ1n) is 5.97. The molecule has 0 fully saturated rings. The zero-order chi connectivity index (χ0) is 13.2. The SMILES string of the molecule is O=C(O)c1cc2ncccc2n1Cc1ccccc1. The average molecular weight is 252 g/mol. The van der Waals surface area contributed by atoms with E-state index in [1.165, 1.54) is 0 Å². The van der Waals surface area contributed by atoms with Crippen molar-refractivity contribution in [3.63, 3.8) is 0 Å². The Morgan fingerprint density at radius 3 is 2.68 bits per heavy atom. The van der Waals surface area contributed by atoms with E-state index in [1.54, 1.807) is 16.8 Å². The van der Waals surface area contributed by atoms with Crippen LogP contribution in [0.25, 0.3) is 11.0 Å². The van der Waals surface area contributed by atoms with Gasteiger partial charge in [0.25, 0.3) is 0 Å². The number of carboxylic acid groups (broad SMARTS) is 1. The highest BCUT2D eigenvalue weighted by molar-refractivity contribution is 5.93. The lowest BCUT2D eigenvalue weighted by Crippen LogP contribution is -2.09. The van der Waals surface area contributed by atoms with Gasteiger partial charge in [-0.1, -0.05) is 30.3 Å². The minimum absolute atomic E-state index is 0.262. The van der Waals surface area contributed by atoms with Gasteiger partial charge in [0, 0.05) is 12.7 Å². The molecule has 94 valence electrons. The Morgan fingerprint density at radius 1 is 1.16 bits per heavy atom. The molecule has 0 saturated heterocycles. The molecule has 0 amide bonds. The fourth-order valence-electron chi connectivity index (χ4n) is 2.20. The van der Waals surface area contributed by atoms with E-state index in [0.29, 0.717) is 12.1 Å². The normalized spacial score (nSPS) is 10.7. The lowest BCUT2D eigenvalue weighted by atomic mass is 10.2. The summed E-state index contributed by atoms with van der Waals surface area (Å²) in [5, 5.41) is 9.30. The number of carbonyl (C=O) groups is 1. The number of benzene rings is 1. The van der Waals surface area contributed by atoms with Gasteiger partial charge in [0.2, 0.25) is 0 Å². The van der Waals surface area contributed by atoms with Crippen molar-refractivity contribution in [1.82, 2.24) is 9.55 Å². The molecule has 0 aliphatic rings. The molecule has 0 radical (unpaired) electrons. The molecular weight excluding hydrogens is 240 g/mol. The average Bonchev–Trinajstić information content (AvgIpc) is 2.79. The van der Waals surface area contributed by atoms with Crippen LogP contribution in [0, 0.1) is 0 Å². The highest BCUT2D eigenvalue weighted by Gasteiger charge is 2.15. The predicted octanol–water partition coefficient (Wildman–Crippen LogP) is 2.78. The zero-order valence-electron chi connectivity index (χ0n) is 10.2. The molecule has 0 aliphatic heterocycles. The van der Waals surface area contributed by atoms with Crippen molar-refractivity contribution < 1.29 is 9.90 Å². The van der Waals surface area contributed by atoms with Crippen molar-refractivity contribution >= 4 is 17.0 Å². The second kappa shape index (κ2) is 4.57. The van der Waals surface area contributed by atoms with Crippen LogP contribution in [0.15, 0.2) is 54.7 Å². The topological polar surface area (TPSA) is 55.1 Å². The van der Waals surface area contributed by atoms with E-state index < -0.39 is 5.97 Å². The predicted molar refractivity (Wildman–Crippen MR) is 72.2 cm³/mol. The maximum absolute atomic E-state index is 11.3. The van der Waals surface area contributed by atoms with E-state index in [-0.39, 0.29) is 5.69 Å². The van der Waals surface area contributed by atoms with Crippen molar-refractivity contribution in [3.05, 3.63) is 66.0 Å². The van der Waals surface area contributed by atoms with E-state index in [4.69, 9.17) is 0 Å². The number of pyridine rings is 1. The van der Waals surface area contributed by atoms with E-state index in [0.717, 1.165) is 11.1 Å². The molecule has 0 bridgehead atoms. The summed E-state index contributed by atoms with van der Waals surface area (Å²) in [5.41, 5.74) is 2.86. The van der Waals surface area contributed by atoms with Crippen LogP contribution < -0.4 is 0 Å². The minimum Gasteiger partial charge on any atom is -0.477 e. The summed E-state index contributed by atoms with van der Waals surface area (Å²) in [6.45, 7) is 0.525. The van der Waals surface area contributed by atoms with E-state index in [1.807, 2.05) is 42.5 Å². The number of rotatable bonds is 3. The van der Waals surface area contributed by atoms with E-state index >= 15 is 0 Å². The molecule has 0 saturated carbocycles. The van der Waals surface area contributed by atoms with E-state index in [9.17, 15) is 9.90 Å². The molecule has 3 rings (SSSR count). The van der Waals surface area contributed by atoms with Crippen LogP contribution in [-0.4, -0.2) is 20.6 Å². The third kappa shape index (κ3) is 2.08. The summed E-state index contributed by atoms with van der Waals surface area (Å²) in [5.74, 6) is -0.936. The summed E-state index contributed by atoms with van der Waals surface area (Å²) >= 11 is 0. The number of aromatic nitrogens is 2. The Morgan fingerprint density at radius 2 is 1.95 bits per heavy atom. The molecule has 2 heterocycles. The lowest BCUT2D eigenvalue weighted by molar-refractivity contribution is 0.0686. The van der Waals surface area contributed by atoms with Crippen LogP contribution in [0.4, 0.5) is 0 Å². The van der Waals surface area contributed by atoms with Crippen molar-refractivity contribution in [2.75, 3.05) is 0 Å². The van der Waals surface area contributed by atoms with Crippen LogP contribution in [0.1, 0.15) is 16.1 Å². The van der Waals surface area contributed by atoms with Gasteiger partial charge in [0.1, 0.15) is 5.69 Å². The highest BCUT2D eigenvalue weighted by atomic mass is 16.4. The Kier molecular flexibility index (Phi) is 2.76. The summed E-state index contributed by atoms with van der Waals surface area (Å²) in [7, 11) is 0. The van der Waals surface area contributed by atoms with Gasteiger partial charge < -0.3 is 9.67 Å². The summed E-state index contributed by atoms with van der Waals surface area (Å²) in [6, 6.07) is 15.1. The van der Waals surface area contributed by atoms with Crippen molar-refractivity contribution in [1.29, 1.82) is 0 Å².